The minimum atomic E-state index is -0.466. The molecule has 0 unspecified atom stereocenters. The molecule has 8 nitrogen and oxygen atoms in total. The molecule has 3 aromatic carbocycles. The number of phenols is 3. The summed E-state index contributed by atoms with van der Waals surface area (Å²) < 4.78 is 9.91. The number of Topliss-reactive ketones (excluding diaryl/α,β-unsaturated/α-hetero) is 1. The Balaban J connectivity index is -0.000000185. The molecule has 8 heteroatoms. The number of esters is 2. The molecule has 3 rings (SSSR count). The van der Waals surface area contributed by atoms with Crippen molar-refractivity contribution in [2.45, 2.75) is 209 Å². The molecular formula is C72H100O8. The van der Waals surface area contributed by atoms with Gasteiger partial charge in [-0.1, -0.05) is 161 Å². The predicted molar refractivity (Wildman–Crippen MR) is 343 cm³/mol. The number of phenolic OH excluding ortho intramolecular Hbond substituents is 3. The van der Waals surface area contributed by atoms with Gasteiger partial charge in [-0.15, -0.1) is 6.42 Å². The van der Waals surface area contributed by atoms with E-state index in [0.717, 1.165) is 56.5 Å². The van der Waals surface area contributed by atoms with E-state index in [1.54, 1.807) is 6.92 Å². The Morgan fingerprint density at radius 2 is 0.650 bits per heavy atom. The number of benzene rings is 3. The summed E-state index contributed by atoms with van der Waals surface area (Å²) in [5, 5.41) is 32.1. The van der Waals surface area contributed by atoms with Gasteiger partial charge in [-0.25, -0.2) is 0 Å². The van der Waals surface area contributed by atoms with Crippen molar-refractivity contribution in [2.24, 2.45) is 0 Å². The van der Waals surface area contributed by atoms with Crippen LogP contribution < -0.4 is 0 Å². The number of aromatic hydroxyl groups is 3. The number of terminal acetylenes is 1. The first kappa shape index (κ1) is 69.7. The summed E-state index contributed by atoms with van der Waals surface area (Å²) >= 11 is 0. The Labute approximate surface area is 493 Å². The van der Waals surface area contributed by atoms with E-state index in [9.17, 15) is 29.7 Å². The van der Waals surface area contributed by atoms with Crippen molar-refractivity contribution in [3.05, 3.63) is 86.5 Å². The van der Waals surface area contributed by atoms with Crippen LogP contribution in [-0.4, -0.2) is 39.6 Å². The van der Waals surface area contributed by atoms with E-state index < -0.39 is 5.97 Å². The number of rotatable bonds is 10. The van der Waals surface area contributed by atoms with Gasteiger partial charge in [-0.3, -0.25) is 9.59 Å². The van der Waals surface area contributed by atoms with Crippen LogP contribution in [0.15, 0.2) is 36.4 Å². The van der Waals surface area contributed by atoms with Crippen LogP contribution in [0.5, 0.6) is 17.2 Å². The van der Waals surface area contributed by atoms with Crippen molar-refractivity contribution >= 4 is 17.7 Å². The summed E-state index contributed by atoms with van der Waals surface area (Å²) in [5.41, 5.74) is 7.63. The second-order valence-corrected chi connectivity index (χ2v) is 25.2. The minimum Gasteiger partial charge on any atom is -0.507 e. The van der Waals surface area contributed by atoms with Crippen molar-refractivity contribution in [2.75, 3.05) is 6.61 Å². The monoisotopic (exact) mass is 1090 g/mol. The summed E-state index contributed by atoms with van der Waals surface area (Å²) in [6.45, 7) is 41.2. The largest absolute Gasteiger partial charge is 0.507 e. The van der Waals surface area contributed by atoms with Gasteiger partial charge in [-0.05, 0) is 163 Å². The van der Waals surface area contributed by atoms with Gasteiger partial charge in [-0.2, -0.15) is 0 Å². The Kier molecular flexibility index (Phi) is 27.3. The van der Waals surface area contributed by atoms with Crippen LogP contribution in [0.4, 0.5) is 0 Å². The van der Waals surface area contributed by atoms with Crippen molar-refractivity contribution in [3.63, 3.8) is 0 Å². The second-order valence-electron chi connectivity index (χ2n) is 25.2. The minimum absolute atomic E-state index is 0. The summed E-state index contributed by atoms with van der Waals surface area (Å²) in [5.74, 6) is 39.6. The first-order valence-corrected chi connectivity index (χ1v) is 26.8. The van der Waals surface area contributed by atoms with Gasteiger partial charge in [0.15, 0.2) is 0 Å². The number of aryl methyl sites for hydroxylation is 3. The molecule has 0 aliphatic heterocycles. The number of carbonyl (C=O) groups excluding carboxylic acids is 3. The van der Waals surface area contributed by atoms with Crippen LogP contribution in [0.2, 0.25) is 0 Å². The van der Waals surface area contributed by atoms with Crippen molar-refractivity contribution < 1.29 is 50.6 Å². The van der Waals surface area contributed by atoms with E-state index in [0.29, 0.717) is 49.5 Å². The molecular weight excluding hydrogens is 993 g/mol. The van der Waals surface area contributed by atoms with Gasteiger partial charge in [0.25, 0.3) is 0 Å². The smallest absolute Gasteiger partial charge is 0.320 e. The zero-order valence-electron chi connectivity index (χ0n) is 51.4. The van der Waals surface area contributed by atoms with E-state index in [2.05, 4.69) is 184 Å². The lowest BCUT2D eigenvalue weighted by atomic mass is 9.78. The van der Waals surface area contributed by atoms with Gasteiger partial charge >= 0.3 is 11.9 Å². The van der Waals surface area contributed by atoms with Crippen LogP contribution in [0.1, 0.15) is 219 Å². The summed E-state index contributed by atoms with van der Waals surface area (Å²) in [7, 11) is 0. The third-order valence-corrected chi connectivity index (χ3v) is 11.8. The molecule has 436 valence electrons. The average Bonchev–Trinajstić information content (AvgIpc) is 3.32. The molecule has 0 heterocycles. The molecule has 0 aromatic heterocycles. The lowest BCUT2D eigenvalue weighted by Gasteiger charge is -2.28. The lowest BCUT2D eigenvalue weighted by molar-refractivity contribution is -0.143. The summed E-state index contributed by atoms with van der Waals surface area (Å²) in [6, 6.07) is 12.0. The Bertz CT molecular complexity index is 3220. The molecule has 3 aromatic rings. The summed E-state index contributed by atoms with van der Waals surface area (Å²) in [6.07, 6.45) is 10.1. The molecule has 0 saturated heterocycles. The number of carbonyl (C=O) groups is 3. The molecule has 0 amide bonds. The van der Waals surface area contributed by atoms with E-state index in [1.807, 2.05) is 84.9 Å². The second kappa shape index (κ2) is 31.3. The Morgan fingerprint density at radius 3 is 0.887 bits per heavy atom. The predicted octanol–water partition coefficient (Wildman–Crippen LogP) is 15.0. The van der Waals surface area contributed by atoms with E-state index in [4.69, 9.17) is 15.9 Å². The maximum absolute atomic E-state index is 12.1. The molecule has 0 spiro atoms. The highest BCUT2D eigenvalue weighted by molar-refractivity contribution is 5.75. The highest BCUT2D eigenvalue weighted by atomic mass is 16.5. The van der Waals surface area contributed by atoms with Gasteiger partial charge in [0.1, 0.15) is 29.1 Å². The highest BCUT2D eigenvalue weighted by Gasteiger charge is 2.29. The fraction of sp³-hybridized carbons (Fsp3) is 0.458. The van der Waals surface area contributed by atoms with Crippen LogP contribution in [0.3, 0.4) is 0 Å². The van der Waals surface area contributed by atoms with Crippen molar-refractivity contribution in [1.29, 1.82) is 0 Å². The maximum atomic E-state index is 12.1. The number of hydrogen-bond acceptors (Lipinski definition) is 8. The van der Waals surface area contributed by atoms with Crippen molar-refractivity contribution in [1.82, 2.24) is 0 Å². The van der Waals surface area contributed by atoms with Crippen LogP contribution in [0, 0.1) is 107 Å². The standard InChI is InChI=1S/C35H26O3.C19H30O3.C18H28O2.8H2/c1-8-9-10-11-12-13-14-15-16-17-18-19-20-21-22-23-26-38-32(36)25-24-29-27-30(34(2,3)4)33(37)31(28-29)35(5,6)7;1-8-22-16(20)10-9-13-11-14(18(2,3)4)17(21)15(12-13)19(5,6)7;1-12(19)8-9-13-10-14(17(2,3)4)16(20)15(11-13)18(5,6)7;;;;;;;;/h1,27-28,37H,24-25H2,2-7H3;11-12,21H,8-10H2,1-7H3;10-11,20H,8-9H2,1-7H3;8*1H. The number of hydrogen-bond donors (Lipinski definition) is 3. The molecule has 0 fully saturated rings. The zero-order valence-corrected chi connectivity index (χ0v) is 51.4. The molecule has 0 atom stereocenters. The van der Waals surface area contributed by atoms with E-state index in [1.165, 1.54) is 0 Å². The molecule has 0 aliphatic rings. The third-order valence-electron chi connectivity index (χ3n) is 11.8. The first-order valence-electron chi connectivity index (χ1n) is 26.8. The molecule has 0 aliphatic carbocycles. The average molecular weight is 1090 g/mol. The molecule has 80 heavy (non-hydrogen) atoms. The fourth-order valence-corrected chi connectivity index (χ4v) is 7.59. The zero-order chi connectivity index (χ0) is 61.3. The van der Waals surface area contributed by atoms with Crippen molar-refractivity contribution in [3.8, 4) is 125 Å². The Morgan fingerprint density at radius 1 is 0.412 bits per heavy atom. The van der Waals surface area contributed by atoms with Crippen LogP contribution in [-0.2, 0) is 75.6 Å². The first-order chi connectivity index (χ1) is 36.9. The molecule has 0 bridgehead atoms. The van der Waals surface area contributed by atoms with Gasteiger partial charge in [0, 0.05) is 71.6 Å². The fourth-order valence-electron chi connectivity index (χ4n) is 7.59. The third kappa shape index (κ3) is 25.9. The lowest BCUT2D eigenvalue weighted by Crippen LogP contribution is -2.18. The highest BCUT2D eigenvalue weighted by Crippen LogP contribution is 2.42. The quantitative estimate of drug-likeness (QED) is 0.135. The maximum Gasteiger partial charge on any atom is 0.320 e. The Hall–Kier alpha value is -8.29. The molecule has 0 radical (unpaired) electrons. The van der Waals surface area contributed by atoms with E-state index in [-0.39, 0.29) is 62.1 Å². The van der Waals surface area contributed by atoms with Gasteiger partial charge < -0.3 is 29.6 Å². The summed E-state index contributed by atoms with van der Waals surface area (Å²) in [4.78, 5) is 34.9. The topological polar surface area (TPSA) is 130 Å². The SMILES string of the molecule is C#CC#CC#CC#CC#CC#CC#CC#CC#COC(=O)CCc1cc(C(C)(C)C)c(O)c(C(C)(C)C)c1.CC(=O)CCc1cc(C(C)(C)C)c(O)c(C(C)(C)C)c1.CCOC(=O)CCc1cc(C(C)(C)C)c(O)c(C(C)(C)C)c1.[HH].[HH].[HH].[HH].[HH].[HH].[HH].[HH]. The van der Waals surface area contributed by atoms with E-state index >= 15 is 0 Å². The number of ketones is 1. The molecule has 3 N–H and O–H groups in total. The normalized spacial score (nSPS) is 10.6. The number of ether oxygens (including phenoxy) is 2. The van der Waals surface area contributed by atoms with Crippen LogP contribution >= 0.6 is 0 Å². The molecule has 0 saturated carbocycles. The van der Waals surface area contributed by atoms with Gasteiger partial charge in [0.05, 0.1) is 13.0 Å². The van der Waals surface area contributed by atoms with Crippen LogP contribution in [0.25, 0.3) is 0 Å². The van der Waals surface area contributed by atoms with Gasteiger partial charge in [0.2, 0.25) is 0 Å².